The van der Waals surface area contributed by atoms with E-state index in [2.05, 4.69) is 31.9 Å². The largest absolute Gasteiger partial charge is 0.465 e. The number of rotatable bonds is 23. The van der Waals surface area contributed by atoms with Crippen molar-refractivity contribution >= 4 is 47.8 Å². The van der Waals surface area contributed by atoms with Gasteiger partial charge in [0, 0.05) is 57.4 Å². The maximum Gasteiger partial charge on any atom is 0.408 e. The minimum atomic E-state index is -1.41. The first-order valence-electron chi connectivity index (χ1n) is 26.4. The number of hydrogen-bond acceptors (Lipinski definition) is 10. The third-order valence-electron chi connectivity index (χ3n) is 13.1. The van der Waals surface area contributed by atoms with Crippen LogP contribution in [-0.4, -0.2) is 137 Å². The fourth-order valence-electron chi connectivity index (χ4n) is 9.40. The van der Waals surface area contributed by atoms with E-state index in [1.165, 1.54) is 0 Å². The fraction of sp³-hybridized carbons (Fsp3) is 0.544. The highest BCUT2D eigenvalue weighted by Gasteiger charge is 2.49. The van der Waals surface area contributed by atoms with Crippen LogP contribution in [0.1, 0.15) is 111 Å². The third-order valence-corrected chi connectivity index (χ3v) is 13.1. The molecule has 0 bridgehead atoms. The van der Waals surface area contributed by atoms with Gasteiger partial charge in [-0.05, 0) is 103 Å². The van der Waals surface area contributed by atoms with Gasteiger partial charge in [-0.3, -0.25) is 24.0 Å². The van der Waals surface area contributed by atoms with E-state index >= 15 is 0 Å². The number of carboxylic acid groups (broad SMARTS) is 1. The Morgan fingerprint density at radius 1 is 0.539 bits per heavy atom. The number of unbranched alkanes of at least 4 members (excludes halogenated alkanes) is 1. The standard InChI is InChI=1S/C57H80N8O11/c1-38(2)32-43(60-48(67)44(33-39-20-12-9-13-21-39)61-49(68)45(62-52(71)72)34-40-22-14-10-15-23-40)47(66)59-42(26-18-19-29-58-53(73)75-55(3,4)5)50(69)64-30-27-57(28-31-64)36-65(37-57)51(70)46(35-41-24-16-11-17-25-41)63-54(74)76-56(6,7)8/h9-17,20-25,38,42-46,62H,18-19,26-37H2,1-8H3,(H,58,73)(H,59,66)(H,60,67)(H,61,68)(H,63,74)(H,71,72). The van der Waals surface area contributed by atoms with Crippen LogP contribution in [0.5, 0.6) is 0 Å². The van der Waals surface area contributed by atoms with Gasteiger partial charge in [0.25, 0.3) is 0 Å². The summed E-state index contributed by atoms with van der Waals surface area (Å²) in [5.74, 6) is -2.63. The molecule has 7 N–H and O–H groups in total. The van der Waals surface area contributed by atoms with Gasteiger partial charge in [0.2, 0.25) is 29.5 Å². The molecule has 1 spiro atoms. The summed E-state index contributed by atoms with van der Waals surface area (Å²) in [5.41, 5.74) is 0.599. The van der Waals surface area contributed by atoms with Crippen molar-refractivity contribution in [3.05, 3.63) is 108 Å². The van der Waals surface area contributed by atoms with Crippen LogP contribution in [0, 0.1) is 11.3 Å². The predicted octanol–water partition coefficient (Wildman–Crippen LogP) is 5.89. The SMILES string of the molecule is CC(C)CC(NC(=O)C(Cc1ccccc1)NC(=O)C(Cc1ccccc1)NC(=O)O)C(=O)NC(CCCCNC(=O)OC(C)(C)C)C(=O)N1CCC2(CC1)CN(C(=O)C(Cc1ccccc1)NC(=O)OC(C)(C)C)C2. The van der Waals surface area contributed by atoms with Crippen molar-refractivity contribution in [2.45, 2.75) is 155 Å². The Morgan fingerprint density at radius 2 is 0.961 bits per heavy atom. The Balaban J connectivity index is 1.29. The predicted molar refractivity (Wildman–Crippen MR) is 287 cm³/mol. The van der Waals surface area contributed by atoms with Crippen molar-refractivity contribution in [1.82, 2.24) is 41.7 Å². The molecule has 76 heavy (non-hydrogen) atoms. The molecule has 5 unspecified atom stereocenters. The van der Waals surface area contributed by atoms with Gasteiger partial charge in [-0.1, -0.05) is 105 Å². The third kappa shape index (κ3) is 19.8. The van der Waals surface area contributed by atoms with Crippen LogP contribution in [-0.2, 0) is 52.7 Å². The Hall–Kier alpha value is -7.18. The molecular weight excluding hydrogens is 973 g/mol. The number of amides is 8. The molecule has 2 aliphatic rings. The molecule has 0 aromatic heterocycles. The number of nitrogens with zero attached hydrogens (tertiary/aromatic N) is 2. The normalized spacial score (nSPS) is 16.1. The molecular formula is C57H80N8O11. The van der Waals surface area contributed by atoms with Crippen LogP contribution >= 0.6 is 0 Å². The summed E-state index contributed by atoms with van der Waals surface area (Å²) in [6, 6.07) is 21.8. The first-order valence-corrected chi connectivity index (χ1v) is 26.4. The molecule has 19 heteroatoms. The first-order chi connectivity index (χ1) is 35.9. The van der Waals surface area contributed by atoms with Gasteiger partial charge in [0.05, 0.1) is 0 Å². The van der Waals surface area contributed by atoms with Crippen LogP contribution < -0.4 is 31.9 Å². The highest BCUT2D eigenvalue weighted by Crippen LogP contribution is 2.41. The van der Waals surface area contributed by atoms with E-state index in [0.717, 1.165) is 5.56 Å². The van der Waals surface area contributed by atoms with Gasteiger partial charge in [0.1, 0.15) is 41.4 Å². The van der Waals surface area contributed by atoms with Gasteiger partial charge in [-0.2, -0.15) is 0 Å². The van der Waals surface area contributed by atoms with Crippen molar-refractivity contribution in [2.75, 3.05) is 32.7 Å². The molecule has 2 aliphatic heterocycles. The zero-order chi connectivity index (χ0) is 55.6. The molecule has 3 aromatic rings. The lowest BCUT2D eigenvalue weighted by molar-refractivity contribution is -0.152. The van der Waals surface area contributed by atoms with Gasteiger partial charge in [-0.15, -0.1) is 0 Å². The van der Waals surface area contributed by atoms with Gasteiger partial charge >= 0.3 is 18.3 Å². The molecule has 2 fully saturated rings. The fourth-order valence-corrected chi connectivity index (χ4v) is 9.40. The van der Waals surface area contributed by atoms with Gasteiger partial charge in [0.15, 0.2) is 0 Å². The van der Waals surface area contributed by atoms with Crippen molar-refractivity contribution in [2.24, 2.45) is 11.3 Å². The average Bonchev–Trinajstić information content (AvgIpc) is 3.33. The lowest BCUT2D eigenvalue weighted by Crippen LogP contribution is -2.66. The van der Waals surface area contributed by atoms with Gasteiger partial charge < -0.3 is 56.3 Å². The molecule has 414 valence electrons. The van der Waals surface area contributed by atoms with Gasteiger partial charge in [-0.25, -0.2) is 14.4 Å². The summed E-state index contributed by atoms with van der Waals surface area (Å²) in [7, 11) is 0. The highest BCUT2D eigenvalue weighted by atomic mass is 16.6. The van der Waals surface area contributed by atoms with E-state index in [1.807, 2.05) is 50.2 Å². The van der Waals surface area contributed by atoms with Crippen molar-refractivity contribution in [3.8, 4) is 0 Å². The highest BCUT2D eigenvalue weighted by molar-refractivity contribution is 5.95. The monoisotopic (exact) mass is 1050 g/mol. The number of likely N-dealkylation sites (tertiary alicyclic amines) is 2. The van der Waals surface area contributed by atoms with E-state index in [9.17, 15) is 43.5 Å². The van der Waals surface area contributed by atoms with E-state index in [0.29, 0.717) is 63.0 Å². The van der Waals surface area contributed by atoms with E-state index < -0.39 is 77.4 Å². The van der Waals surface area contributed by atoms with Crippen LogP contribution in [0.4, 0.5) is 14.4 Å². The summed E-state index contributed by atoms with van der Waals surface area (Å²) in [6.45, 7) is 16.2. The number of alkyl carbamates (subject to hydrolysis) is 2. The minimum absolute atomic E-state index is 0.0182. The zero-order valence-electron chi connectivity index (χ0n) is 45.4. The number of carbonyl (C=O) groups excluding carboxylic acids is 7. The van der Waals surface area contributed by atoms with Crippen molar-refractivity contribution in [3.63, 3.8) is 0 Å². The van der Waals surface area contributed by atoms with E-state index in [4.69, 9.17) is 9.47 Å². The molecule has 5 atom stereocenters. The first kappa shape index (κ1) is 59.7. The van der Waals surface area contributed by atoms with Crippen LogP contribution in [0.15, 0.2) is 91.0 Å². The second-order valence-corrected chi connectivity index (χ2v) is 22.5. The summed E-state index contributed by atoms with van der Waals surface area (Å²) in [4.78, 5) is 112. The molecule has 2 saturated heterocycles. The number of nitrogens with one attached hydrogen (secondary N) is 6. The van der Waals surface area contributed by atoms with Crippen LogP contribution in [0.2, 0.25) is 0 Å². The lowest BCUT2D eigenvalue weighted by atomic mass is 9.71. The lowest BCUT2D eigenvalue weighted by Gasteiger charge is -2.54. The summed E-state index contributed by atoms with van der Waals surface area (Å²) < 4.78 is 10.9. The molecule has 19 nitrogen and oxygen atoms in total. The molecule has 8 amide bonds. The molecule has 0 aliphatic carbocycles. The van der Waals surface area contributed by atoms with Crippen LogP contribution in [0.3, 0.4) is 0 Å². The van der Waals surface area contributed by atoms with Crippen molar-refractivity contribution < 1.29 is 52.9 Å². The smallest absolute Gasteiger partial charge is 0.408 e. The zero-order valence-corrected chi connectivity index (χ0v) is 45.4. The second kappa shape index (κ2) is 27.6. The summed E-state index contributed by atoms with van der Waals surface area (Å²) >= 11 is 0. The molecule has 5 rings (SSSR count). The Morgan fingerprint density at radius 3 is 1.43 bits per heavy atom. The minimum Gasteiger partial charge on any atom is -0.465 e. The summed E-state index contributed by atoms with van der Waals surface area (Å²) in [5, 5.41) is 26.1. The summed E-state index contributed by atoms with van der Waals surface area (Å²) in [6.07, 6.45) is 0.151. The maximum atomic E-state index is 14.6. The average molecular weight is 1050 g/mol. The molecule has 0 radical (unpaired) electrons. The van der Waals surface area contributed by atoms with E-state index in [-0.39, 0.29) is 61.8 Å². The maximum absolute atomic E-state index is 14.6. The molecule has 3 aromatic carbocycles. The van der Waals surface area contributed by atoms with Crippen molar-refractivity contribution in [1.29, 1.82) is 0 Å². The topological polar surface area (TPSA) is 254 Å². The Labute approximate surface area is 447 Å². The Bertz CT molecular complexity index is 2410. The number of benzene rings is 3. The Kier molecular flexibility index (Phi) is 21.6. The van der Waals surface area contributed by atoms with Crippen LogP contribution in [0.25, 0.3) is 0 Å². The second-order valence-electron chi connectivity index (χ2n) is 22.5. The molecule has 0 saturated carbocycles. The quantitative estimate of drug-likeness (QED) is 0.0552. The number of ether oxygens (including phenoxy) is 2. The number of hydrogen-bond donors (Lipinski definition) is 7. The van der Waals surface area contributed by atoms with E-state index in [1.54, 1.807) is 106 Å². The molecule has 2 heterocycles. The number of carbonyl (C=O) groups is 8. The number of piperidine rings is 1.